The molecule has 0 amide bonds. The Balaban J connectivity index is 1.73. The summed E-state index contributed by atoms with van der Waals surface area (Å²) < 4.78 is 10.1. The molecule has 9 heteroatoms. The molecule has 0 aliphatic rings. The zero-order valence-corrected chi connectivity index (χ0v) is 13.3. The van der Waals surface area contributed by atoms with Crippen LogP contribution in [0.15, 0.2) is 40.2 Å². The van der Waals surface area contributed by atoms with Gasteiger partial charge in [-0.15, -0.1) is 11.3 Å². The van der Waals surface area contributed by atoms with Crippen LogP contribution in [-0.4, -0.2) is 21.0 Å². The molecule has 0 fully saturated rings. The van der Waals surface area contributed by atoms with Crippen molar-refractivity contribution >= 4 is 23.0 Å². The maximum absolute atomic E-state index is 12.1. The second-order valence-corrected chi connectivity index (χ2v) is 5.74. The van der Waals surface area contributed by atoms with E-state index in [-0.39, 0.29) is 23.7 Å². The van der Waals surface area contributed by atoms with E-state index in [2.05, 4.69) is 10.1 Å². The van der Waals surface area contributed by atoms with Crippen LogP contribution >= 0.6 is 11.3 Å². The van der Waals surface area contributed by atoms with Gasteiger partial charge in [-0.1, -0.05) is 23.4 Å². The van der Waals surface area contributed by atoms with E-state index in [1.165, 1.54) is 17.4 Å². The molecule has 1 aromatic carbocycles. The van der Waals surface area contributed by atoms with E-state index in [0.717, 1.165) is 4.88 Å². The first kappa shape index (κ1) is 15.8. The van der Waals surface area contributed by atoms with Gasteiger partial charge in [0, 0.05) is 5.56 Å². The summed E-state index contributed by atoms with van der Waals surface area (Å²) in [7, 11) is 0. The molecule has 0 spiro atoms. The first-order chi connectivity index (χ1) is 11.6. The van der Waals surface area contributed by atoms with Crippen LogP contribution in [0, 0.1) is 17.0 Å². The first-order valence-corrected chi connectivity index (χ1v) is 7.72. The molecular formula is C15H11N3O5S. The molecule has 0 saturated carbocycles. The summed E-state index contributed by atoms with van der Waals surface area (Å²) in [5, 5.41) is 16.8. The van der Waals surface area contributed by atoms with Gasteiger partial charge < -0.3 is 9.26 Å². The number of hydrogen-bond donors (Lipinski definition) is 0. The second kappa shape index (κ2) is 6.59. The molecule has 0 unspecified atom stereocenters. The van der Waals surface area contributed by atoms with Gasteiger partial charge in [0.1, 0.15) is 5.56 Å². The largest absolute Gasteiger partial charge is 0.452 e. The first-order valence-electron chi connectivity index (χ1n) is 6.84. The summed E-state index contributed by atoms with van der Waals surface area (Å²) in [4.78, 5) is 27.6. The van der Waals surface area contributed by atoms with Crippen molar-refractivity contribution in [1.29, 1.82) is 0 Å². The number of nitro groups is 1. The zero-order valence-electron chi connectivity index (χ0n) is 12.5. The lowest BCUT2D eigenvalue weighted by molar-refractivity contribution is -0.385. The number of nitro benzene ring substituents is 1. The summed E-state index contributed by atoms with van der Waals surface area (Å²) in [6.07, 6.45) is 0. The van der Waals surface area contributed by atoms with Crippen molar-refractivity contribution in [3.05, 3.63) is 62.8 Å². The Morgan fingerprint density at radius 1 is 1.38 bits per heavy atom. The number of aromatic nitrogens is 2. The summed E-state index contributed by atoms with van der Waals surface area (Å²) >= 11 is 1.45. The highest BCUT2D eigenvalue weighted by Crippen LogP contribution is 2.24. The molecule has 0 bridgehead atoms. The molecule has 24 heavy (non-hydrogen) atoms. The average Bonchev–Trinajstić information content (AvgIpc) is 3.23. The SMILES string of the molecule is Cc1cccc(C(=O)OCc2nc(-c3cccs3)no2)c1[N+](=O)[O-]. The van der Waals surface area contributed by atoms with Crippen LogP contribution < -0.4 is 0 Å². The van der Waals surface area contributed by atoms with E-state index >= 15 is 0 Å². The molecule has 2 aromatic heterocycles. The number of rotatable bonds is 5. The van der Waals surface area contributed by atoms with E-state index < -0.39 is 10.9 Å². The van der Waals surface area contributed by atoms with Crippen LogP contribution in [-0.2, 0) is 11.3 Å². The molecule has 0 N–H and O–H groups in total. The van der Waals surface area contributed by atoms with E-state index in [1.807, 2.05) is 17.5 Å². The number of aryl methyl sites for hydroxylation is 1. The third-order valence-electron chi connectivity index (χ3n) is 3.18. The van der Waals surface area contributed by atoms with Crippen LogP contribution in [0.5, 0.6) is 0 Å². The van der Waals surface area contributed by atoms with Crippen molar-refractivity contribution in [3.8, 4) is 10.7 Å². The Morgan fingerprint density at radius 2 is 2.21 bits per heavy atom. The Kier molecular flexibility index (Phi) is 4.34. The Morgan fingerprint density at radius 3 is 2.92 bits per heavy atom. The van der Waals surface area contributed by atoms with Crippen molar-refractivity contribution in [3.63, 3.8) is 0 Å². The molecule has 0 atom stereocenters. The molecule has 0 aliphatic heterocycles. The highest BCUT2D eigenvalue weighted by Gasteiger charge is 2.24. The van der Waals surface area contributed by atoms with Gasteiger partial charge in [-0.05, 0) is 24.4 Å². The van der Waals surface area contributed by atoms with Crippen molar-refractivity contribution in [2.75, 3.05) is 0 Å². The number of carbonyl (C=O) groups excluding carboxylic acids is 1. The minimum Gasteiger partial charge on any atom is -0.452 e. The number of para-hydroxylation sites is 1. The second-order valence-electron chi connectivity index (χ2n) is 4.79. The minimum atomic E-state index is -0.818. The molecule has 3 rings (SSSR count). The van der Waals surface area contributed by atoms with E-state index in [1.54, 1.807) is 19.1 Å². The monoisotopic (exact) mass is 345 g/mol. The molecule has 122 valence electrons. The molecule has 2 heterocycles. The predicted octanol–water partition coefficient (Wildman–Crippen LogP) is 3.37. The number of nitrogens with zero attached hydrogens (tertiary/aromatic N) is 3. The van der Waals surface area contributed by atoms with Crippen LogP contribution in [0.4, 0.5) is 5.69 Å². The fourth-order valence-corrected chi connectivity index (χ4v) is 2.74. The van der Waals surface area contributed by atoms with Crippen LogP contribution in [0.1, 0.15) is 21.8 Å². The van der Waals surface area contributed by atoms with Crippen molar-refractivity contribution in [2.45, 2.75) is 13.5 Å². The van der Waals surface area contributed by atoms with Gasteiger partial charge in [-0.25, -0.2) is 4.79 Å². The number of ether oxygens (including phenoxy) is 1. The highest BCUT2D eigenvalue weighted by atomic mass is 32.1. The van der Waals surface area contributed by atoms with E-state index in [4.69, 9.17) is 9.26 Å². The van der Waals surface area contributed by atoms with Crippen LogP contribution in [0.3, 0.4) is 0 Å². The summed E-state index contributed by atoms with van der Waals surface area (Å²) in [6.45, 7) is 1.29. The van der Waals surface area contributed by atoms with Crippen molar-refractivity contribution < 1.29 is 19.0 Å². The zero-order chi connectivity index (χ0) is 17.1. The van der Waals surface area contributed by atoms with Gasteiger partial charge in [0.2, 0.25) is 5.82 Å². The van der Waals surface area contributed by atoms with E-state index in [9.17, 15) is 14.9 Å². The van der Waals surface area contributed by atoms with Gasteiger partial charge >= 0.3 is 5.97 Å². The Hall–Kier alpha value is -3.07. The number of hydrogen-bond acceptors (Lipinski definition) is 8. The fourth-order valence-electron chi connectivity index (χ4n) is 2.09. The van der Waals surface area contributed by atoms with Crippen molar-refractivity contribution in [2.24, 2.45) is 0 Å². The predicted molar refractivity (Wildman–Crippen MR) is 84.6 cm³/mol. The Labute approximate surface area is 139 Å². The molecular weight excluding hydrogens is 334 g/mol. The van der Waals surface area contributed by atoms with Gasteiger partial charge in [-0.2, -0.15) is 4.98 Å². The third-order valence-corrected chi connectivity index (χ3v) is 4.04. The quantitative estimate of drug-likeness (QED) is 0.396. The number of carbonyl (C=O) groups is 1. The molecule has 0 saturated heterocycles. The smallest absolute Gasteiger partial charge is 0.345 e. The minimum absolute atomic E-state index is 0.113. The normalized spacial score (nSPS) is 10.5. The standard InChI is InChI=1S/C15H11N3O5S/c1-9-4-2-5-10(13(9)18(20)21)15(19)22-8-12-16-14(17-23-12)11-6-3-7-24-11/h2-7H,8H2,1H3. The van der Waals surface area contributed by atoms with Crippen LogP contribution in [0.2, 0.25) is 0 Å². The van der Waals surface area contributed by atoms with E-state index in [0.29, 0.717) is 11.4 Å². The van der Waals surface area contributed by atoms with Gasteiger partial charge in [-0.3, -0.25) is 10.1 Å². The third kappa shape index (κ3) is 3.15. The number of thiophene rings is 1. The number of benzene rings is 1. The lowest BCUT2D eigenvalue weighted by Crippen LogP contribution is -2.09. The lowest BCUT2D eigenvalue weighted by atomic mass is 10.1. The fraction of sp³-hybridized carbons (Fsp3) is 0.133. The summed E-state index contributed by atoms with van der Waals surface area (Å²) in [6, 6.07) is 8.15. The van der Waals surface area contributed by atoms with Gasteiger partial charge in [0.25, 0.3) is 11.6 Å². The highest BCUT2D eigenvalue weighted by molar-refractivity contribution is 7.13. The summed E-state index contributed by atoms with van der Waals surface area (Å²) in [5.74, 6) is -0.305. The topological polar surface area (TPSA) is 108 Å². The maximum atomic E-state index is 12.1. The van der Waals surface area contributed by atoms with Gasteiger partial charge in [0.05, 0.1) is 9.80 Å². The molecule has 0 aliphatic carbocycles. The van der Waals surface area contributed by atoms with Gasteiger partial charge in [0.15, 0.2) is 6.61 Å². The number of esters is 1. The van der Waals surface area contributed by atoms with Crippen LogP contribution in [0.25, 0.3) is 10.7 Å². The molecule has 3 aromatic rings. The average molecular weight is 345 g/mol. The maximum Gasteiger partial charge on any atom is 0.345 e. The molecule has 0 radical (unpaired) electrons. The lowest BCUT2D eigenvalue weighted by Gasteiger charge is -2.04. The molecule has 8 nitrogen and oxygen atoms in total. The Bertz CT molecular complexity index is 888. The summed E-state index contributed by atoms with van der Waals surface area (Å²) in [5.41, 5.74) is -0.00230. The van der Waals surface area contributed by atoms with Crippen molar-refractivity contribution in [1.82, 2.24) is 10.1 Å².